The normalized spacial score (nSPS) is 10.2. The van der Waals surface area contributed by atoms with E-state index in [9.17, 15) is 15.0 Å². The smallest absolute Gasteiger partial charge is 0.170 e. The number of phenols is 2. The highest BCUT2D eigenvalue weighted by molar-refractivity contribution is 6.01. The average molecular weight is 326 g/mol. The molecule has 0 atom stereocenters. The summed E-state index contributed by atoms with van der Waals surface area (Å²) < 4.78 is 5.43. The van der Waals surface area contributed by atoms with E-state index in [4.69, 9.17) is 4.74 Å². The van der Waals surface area contributed by atoms with Crippen molar-refractivity contribution in [3.05, 3.63) is 65.2 Å². The number of aryl methyl sites for hydroxylation is 1. The molecule has 0 aliphatic carbocycles. The van der Waals surface area contributed by atoms with Crippen molar-refractivity contribution in [1.82, 2.24) is 0 Å². The maximum atomic E-state index is 12.3. The number of aromatic hydroxyl groups is 2. The summed E-state index contributed by atoms with van der Waals surface area (Å²) in [6.45, 7) is 4.24. The van der Waals surface area contributed by atoms with Crippen molar-refractivity contribution in [1.29, 1.82) is 0 Å². The number of hydrogen-bond donors (Lipinski definition) is 2. The third kappa shape index (κ3) is 4.88. The van der Waals surface area contributed by atoms with E-state index in [1.54, 1.807) is 0 Å². The zero-order valence-corrected chi connectivity index (χ0v) is 14.0. The molecule has 0 aliphatic rings. The highest BCUT2D eigenvalue weighted by atomic mass is 16.5. The third-order valence-corrected chi connectivity index (χ3v) is 3.57. The third-order valence-electron chi connectivity index (χ3n) is 3.57. The maximum absolute atomic E-state index is 12.3. The SMILES string of the molecule is CC(C)=CCOc1cc(O)c(C(=O)CCc2ccccc2)c(O)c1. The first-order valence-electron chi connectivity index (χ1n) is 7.86. The predicted octanol–water partition coefficient (Wildman–Crippen LogP) is 4.26. The Morgan fingerprint density at radius 1 is 1.08 bits per heavy atom. The second-order valence-corrected chi connectivity index (χ2v) is 5.84. The lowest BCUT2D eigenvalue weighted by molar-refractivity contribution is 0.0977. The molecule has 2 N–H and O–H groups in total. The van der Waals surface area contributed by atoms with E-state index in [0.29, 0.717) is 18.8 Å². The molecule has 4 heteroatoms. The molecule has 0 aromatic heterocycles. The van der Waals surface area contributed by atoms with Crippen molar-refractivity contribution in [2.45, 2.75) is 26.7 Å². The number of phenolic OH excluding ortho intramolecular Hbond substituents is 2. The van der Waals surface area contributed by atoms with Gasteiger partial charge in [-0.25, -0.2) is 0 Å². The topological polar surface area (TPSA) is 66.8 Å². The number of ketones is 1. The monoisotopic (exact) mass is 326 g/mol. The molecule has 0 saturated carbocycles. The van der Waals surface area contributed by atoms with Crippen LogP contribution in [0.25, 0.3) is 0 Å². The second-order valence-electron chi connectivity index (χ2n) is 5.84. The van der Waals surface area contributed by atoms with Crippen molar-refractivity contribution in [3.63, 3.8) is 0 Å². The maximum Gasteiger partial charge on any atom is 0.170 e. The first-order chi connectivity index (χ1) is 11.5. The lowest BCUT2D eigenvalue weighted by Crippen LogP contribution is -2.03. The number of benzene rings is 2. The molecule has 0 fully saturated rings. The van der Waals surface area contributed by atoms with Crippen LogP contribution in [0, 0.1) is 0 Å². The number of rotatable bonds is 7. The molecular weight excluding hydrogens is 304 g/mol. The molecule has 2 aromatic rings. The molecule has 0 heterocycles. The van der Waals surface area contributed by atoms with Crippen LogP contribution in [-0.4, -0.2) is 22.6 Å². The Bertz CT molecular complexity index is 706. The zero-order chi connectivity index (χ0) is 17.5. The van der Waals surface area contributed by atoms with Crippen molar-refractivity contribution in [2.24, 2.45) is 0 Å². The molecule has 0 radical (unpaired) electrons. The lowest BCUT2D eigenvalue weighted by atomic mass is 10.0. The Morgan fingerprint density at radius 2 is 1.71 bits per heavy atom. The number of ether oxygens (including phenoxy) is 1. The predicted molar refractivity (Wildman–Crippen MR) is 93.8 cm³/mol. The molecule has 0 aliphatic heterocycles. The van der Waals surface area contributed by atoms with Crippen LogP contribution in [-0.2, 0) is 6.42 Å². The second kappa shape index (κ2) is 8.20. The molecule has 2 aromatic carbocycles. The van der Waals surface area contributed by atoms with Crippen LogP contribution in [0.15, 0.2) is 54.1 Å². The minimum Gasteiger partial charge on any atom is -0.507 e. The quantitative estimate of drug-likeness (QED) is 0.589. The van der Waals surface area contributed by atoms with Gasteiger partial charge in [0.05, 0.1) is 0 Å². The van der Waals surface area contributed by atoms with Crippen LogP contribution in [0.4, 0.5) is 0 Å². The first-order valence-corrected chi connectivity index (χ1v) is 7.86. The van der Waals surface area contributed by atoms with E-state index in [2.05, 4.69) is 0 Å². The van der Waals surface area contributed by atoms with Crippen molar-refractivity contribution in [2.75, 3.05) is 6.61 Å². The van der Waals surface area contributed by atoms with Gasteiger partial charge in [0.2, 0.25) is 0 Å². The minimum atomic E-state index is -0.301. The van der Waals surface area contributed by atoms with Crippen LogP contribution >= 0.6 is 0 Å². The van der Waals surface area contributed by atoms with Crippen molar-refractivity contribution < 1.29 is 19.7 Å². The summed E-state index contributed by atoms with van der Waals surface area (Å²) in [4.78, 5) is 12.3. The van der Waals surface area contributed by atoms with Gasteiger partial charge in [-0.15, -0.1) is 0 Å². The average Bonchev–Trinajstić information content (AvgIpc) is 2.53. The van der Waals surface area contributed by atoms with Crippen molar-refractivity contribution in [3.8, 4) is 17.2 Å². The Balaban J connectivity index is 2.06. The van der Waals surface area contributed by atoms with E-state index in [1.807, 2.05) is 50.3 Å². The van der Waals surface area contributed by atoms with Gasteiger partial charge in [-0.3, -0.25) is 4.79 Å². The molecule has 0 unspecified atom stereocenters. The largest absolute Gasteiger partial charge is 0.507 e. The van der Waals surface area contributed by atoms with Crippen LogP contribution in [0.3, 0.4) is 0 Å². The summed E-state index contributed by atoms with van der Waals surface area (Å²) in [5.41, 5.74) is 2.09. The molecular formula is C20H22O4. The summed E-state index contributed by atoms with van der Waals surface area (Å²) in [7, 11) is 0. The number of carbonyl (C=O) groups is 1. The fraction of sp³-hybridized carbons (Fsp3) is 0.250. The van der Waals surface area contributed by atoms with E-state index in [1.165, 1.54) is 12.1 Å². The van der Waals surface area contributed by atoms with Crippen LogP contribution in [0.1, 0.15) is 36.2 Å². The molecule has 0 bridgehead atoms. The first kappa shape index (κ1) is 17.6. The van der Waals surface area contributed by atoms with Crippen LogP contribution < -0.4 is 4.74 Å². The summed E-state index contributed by atoms with van der Waals surface area (Å²) in [5, 5.41) is 20.1. The number of Topliss-reactive ketones (excluding diaryl/α,β-unsaturated/α-hetero) is 1. The van der Waals surface area contributed by atoms with Gasteiger partial charge in [-0.05, 0) is 31.9 Å². The van der Waals surface area contributed by atoms with Crippen LogP contribution in [0.5, 0.6) is 17.2 Å². The van der Waals surface area contributed by atoms with E-state index in [-0.39, 0.29) is 29.3 Å². The Labute approximate surface area is 142 Å². The van der Waals surface area contributed by atoms with Gasteiger partial charge in [-0.1, -0.05) is 35.9 Å². The highest BCUT2D eigenvalue weighted by Crippen LogP contribution is 2.33. The summed E-state index contributed by atoms with van der Waals surface area (Å²) >= 11 is 0. The molecule has 126 valence electrons. The van der Waals surface area contributed by atoms with E-state index < -0.39 is 0 Å². The Hall–Kier alpha value is -2.75. The highest BCUT2D eigenvalue weighted by Gasteiger charge is 2.18. The summed E-state index contributed by atoms with van der Waals surface area (Å²) in [5.74, 6) is -0.507. The van der Waals surface area contributed by atoms with Gasteiger partial charge in [-0.2, -0.15) is 0 Å². The van der Waals surface area contributed by atoms with E-state index in [0.717, 1.165) is 11.1 Å². The van der Waals surface area contributed by atoms with Gasteiger partial charge in [0.1, 0.15) is 29.4 Å². The van der Waals surface area contributed by atoms with Gasteiger partial charge < -0.3 is 14.9 Å². The van der Waals surface area contributed by atoms with Gasteiger partial charge in [0, 0.05) is 18.6 Å². The lowest BCUT2D eigenvalue weighted by Gasteiger charge is -2.10. The molecule has 0 saturated heterocycles. The fourth-order valence-electron chi connectivity index (χ4n) is 2.29. The standard InChI is InChI=1S/C20H22O4/c1-14(2)10-11-24-16-12-18(22)20(19(23)13-16)17(21)9-8-15-6-4-3-5-7-15/h3-7,10,12-13,22-23H,8-9,11H2,1-2H3. The van der Waals surface area contributed by atoms with Crippen molar-refractivity contribution >= 4 is 5.78 Å². The number of carbonyl (C=O) groups excluding carboxylic acids is 1. The Morgan fingerprint density at radius 3 is 2.29 bits per heavy atom. The molecule has 4 nitrogen and oxygen atoms in total. The van der Waals surface area contributed by atoms with Crippen LogP contribution in [0.2, 0.25) is 0 Å². The Kier molecular flexibility index (Phi) is 6.01. The minimum absolute atomic E-state index is 0.0551. The summed E-state index contributed by atoms with van der Waals surface area (Å²) in [6.07, 6.45) is 2.65. The molecule has 0 amide bonds. The number of hydrogen-bond acceptors (Lipinski definition) is 4. The zero-order valence-electron chi connectivity index (χ0n) is 14.0. The summed E-state index contributed by atoms with van der Waals surface area (Å²) in [6, 6.07) is 12.3. The molecule has 0 spiro atoms. The fourth-order valence-corrected chi connectivity index (χ4v) is 2.29. The van der Waals surface area contributed by atoms with Gasteiger partial charge >= 0.3 is 0 Å². The molecule has 2 rings (SSSR count). The number of allylic oxidation sites excluding steroid dienone is 1. The van der Waals surface area contributed by atoms with E-state index >= 15 is 0 Å². The van der Waals surface area contributed by atoms with Gasteiger partial charge in [0.15, 0.2) is 5.78 Å². The van der Waals surface area contributed by atoms with Gasteiger partial charge in [0.25, 0.3) is 0 Å². The molecule has 24 heavy (non-hydrogen) atoms.